The van der Waals surface area contributed by atoms with Crippen molar-refractivity contribution >= 4 is 85.6 Å². The van der Waals surface area contributed by atoms with Gasteiger partial charge >= 0.3 is 6.09 Å². The van der Waals surface area contributed by atoms with E-state index in [2.05, 4.69) is 55.8 Å². The molecule has 3 amide bonds. The van der Waals surface area contributed by atoms with Crippen LogP contribution in [0.15, 0.2) is 36.9 Å². The van der Waals surface area contributed by atoms with Crippen molar-refractivity contribution in [3.63, 3.8) is 0 Å². The number of aromatic nitrogens is 8. The molecule has 0 radical (unpaired) electrons. The second-order valence-electron chi connectivity index (χ2n) is 16.4. The Kier molecular flexibility index (Phi) is 14.8. The fourth-order valence-electron chi connectivity index (χ4n) is 6.75. The van der Waals surface area contributed by atoms with Crippen molar-refractivity contribution in [2.75, 3.05) is 49.9 Å². The van der Waals surface area contributed by atoms with E-state index in [0.717, 1.165) is 22.4 Å². The predicted octanol–water partition coefficient (Wildman–Crippen LogP) is 6.25. The number of hydrogen-bond donors (Lipinski definition) is 4. The maximum Gasteiger partial charge on any atom is 0.407 e. The number of likely N-dealkylation sites (tertiary alicyclic amines) is 2. The number of carbonyl (C=O) groups excluding carboxylic acids is 3. The lowest BCUT2D eigenvalue weighted by atomic mass is 9.99. The third-order valence-electron chi connectivity index (χ3n) is 10.0. The molecular formula is C41H49ClF2N14O4S2. The van der Waals surface area contributed by atoms with Crippen molar-refractivity contribution in [3.8, 4) is 0 Å². The minimum atomic E-state index is -0.564. The van der Waals surface area contributed by atoms with Crippen molar-refractivity contribution in [2.45, 2.75) is 66.2 Å². The van der Waals surface area contributed by atoms with Gasteiger partial charge in [-0.2, -0.15) is 9.97 Å². The number of nitrogens with one attached hydrogen (secondary N) is 3. The van der Waals surface area contributed by atoms with E-state index in [1.54, 1.807) is 43.0 Å². The van der Waals surface area contributed by atoms with E-state index in [-0.39, 0.29) is 59.8 Å². The smallest absolute Gasteiger partial charge is 0.407 e. The number of rotatable bonds is 11. The number of aryl methyl sites for hydroxylation is 2. The maximum absolute atomic E-state index is 13.6. The van der Waals surface area contributed by atoms with Crippen LogP contribution in [0.5, 0.6) is 0 Å². The number of halogens is 3. The van der Waals surface area contributed by atoms with Gasteiger partial charge < -0.3 is 36.2 Å². The molecule has 0 saturated carbocycles. The van der Waals surface area contributed by atoms with Crippen LogP contribution in [-0.4, -0.2) is 112 Å². The minimum absolute atomic E-state index is 0. The lowest BCUT2D eigenvalue weighted by molar-refractivity contribution is 0.0417. The van der Waals surface area contributed by atoms with E-state index >= 15 is 0 Å². The molecule has 8 heterocycles. The molecule has 0 unspecified atom stereocenters. The molecule has 340 valence electrons. The molecule has 64 heavy (non-hydrogen) atoms. The van der Waals surface area contributed by atoms with Crippen LogP contribution in [0.4, 0.5) is 25.5 Å². The molecule has 23 heteroatoms. The van der Waals surface area contributed by atoms with Gasteiger partial charge in [0.15, 0.2) is 22.7 Å². The molecule has 8 rings (SSSR count). The van der Waals surface area contributed by atoms with Gasteiger partial charge in [0.1, 0.15) is 26.6 Å². The average Bonchev–Trinajstić information content (AvgIpc) is 3.76. The van der Waals surface area contributed by atoms with Crippen molar-refractivity contribution in [1.82, 2.24) is 55.0 Å². The van der Waals surface area contributed by atoms with E-state index in [4.69, 9.17) is 10.5 Å². The maximum atomic E-state index is 13.6. The van der Waals surface area contributed by atoms with Crippen LogP contribution in [0.3, 0.4) is 0 Å². The molecule has 2 aliphatic rings. The van der Waals surface area contributed by atoms with E-state index in [1.807, 2.05) is 27.7 Å². The Hall–Kier alpha value is -5.84. The SMILES string of the molecule is Cc1nc2nc(N[C@@H](C)c3cncc(F)c3)nc(C(=O)N3CC(CN)C3)c2s1.Cc1nc2nc(N[C@@H](C)c3cncc(F)c3)nc(C(=O)N3CC(CNC(=O)OC(C)(C)C)C3)c2s1.Cl. The lowest BCUT2D eigenvalue weighted by Crippen LogP contribution is -2.54. The van der Waals surface area contributed by atoms with Crippen LogP contribution in [0.25, 0.3) is 20.7 Å². The van der Waals surface area contributed by atoms with Gasteiger partial charge in [-0.25, -0.2) is 33.5 Å². The molecule has 0 spiro atoms. The number of carbonyl (C=O) groups is 3. The van der Waals surface area contributed by atoms with Crippen LogP contribution in [-0.2, 0) is 4.74 Å². The number of thiazole rings is 2. The summed E-state index contributed by atoms with van der Waals surface area (Å²) in [6.07, 6.45) is 4.94. The topological polar surface area (TPSA) is 232 Å². The highest BCUT2D eigenvalue weighted by Crippen LogP contribution is 2.30. The van der Waals surface area contributed by atoms with Crippen LogP contribution < -0.4 is 21.7 Å². The first kappa shape index (κ1) is 47.6. The molecule has 18 nitrogen and oxygen atoms in total. The number of alkyl carbamates (subject to hydrolysis) is 1. The Morgan fingerprint density at radius 3 is 1.59 bits per heavy atom. The first-order valence-electron chi connectivity index (χ1n) is 20.2. The highest BCUT2D eigenvalue weighted by molar-refractivity contribution is 7.19. The molecule has 2 atom stereocenters. The number of amides is 3. The fourth-order valence-corrected chi connectivity index (χ4v) is 8.43. The third-order valence-corrected chi connectivity index (χ3v) is 12.0. The van der Waals surface area contributed by atoms with Crippen molar-refractivity contribution in [2.24, 2.45) is 17.6 Å². The van der Waals surface area contributed by atoms with Gasteiger partial charge in [-0.05, 0) is 78.3 Å². The van der Waals surface area contributed by atoms with E-state index in [0.29, 0.717) is 82.7 Å². The summed E-state index contributed by atoms with van der Waals surface area (Å²) in [5.41, 5.74) is 7.88. The number of fused-ring (bicyclic) bond motifs is 2. The summed E-state index contributed by atoms with van der Waals surface area (Å²) in [6, 6.07) is 2.14. The molecule has 2 saturated heterocycles. The monoisotopic (exact) mass is 938 g/mol. The van der Waals surface area contributed by atoms with Crippen molar-refractivity contribution in [1.29, 1.82) is 0 Å². The zero-order valence-corrected chi connectivity index (χ0v) is 38.6. The van der Waals surface area contributed by atoms with E-state index in [1.165, 1.54) is 34.8 Å². The Morgan fingerprint density at radius 1 is 0.750 bits per heavy atom. The van der Waals surface area contributed by atoms with Gasteiger partial charge in [-0.1, -0.05) is 0 Å². The van der Waals surface area contributed by atoms with Gasteiger partial charge in [-0.15, -0.1) is 35.1 Å². The second kappa shape index (κ2) is 19.9. The Bertz CT molecular complexity index is 2650. The highest BCUT2D eigenvalue weighted by atomic mass is 35.5. The normalized spacial score (nSPS) is 15.0. The van der Waals surface area contributed by atoms with E-state index in [9.17, 15) is 23.2 Å². The molecule has 2 fully saturated rings. The second-order valence-corrected chi connectivity index (χ2v) is 18.8. The van der Waals surface area contributed by atoms with Crippen LogP contribution >= 0.6 is 35.1 Å². The largest absolute Gasteiger partial charge is 0.444 e. The standard InChI is InChI=1S/C23H28FN7O3S.C18H20FN7OS.ClH/c1-12(15-6-16(24)9-25-8-15)27-21-29-17(18-19(30-21)28-13(2)35-18)20(32)31-10-14(11-31)7-26-22(33)34-23(3,4)5;1-9(12-3-13(19)6-21-5-12)22-18-24-14(15-16(25-18)23-10(2)28-15)17(27)26-7-11(4-20)8-26;/h6,8-9,12,14H,7,10-11H2,1-5H3,(H,26,33)(H,27,29,30);3,5-6,9,11H,4,7-8,20H2,1-2H3,(H,22,24,25);1H/t12-;9-;/m00./s1. The first-order valence-corrected chi connectivity index (χ1v) is 21.9. The molecule has 0 aliphatic carbocycles. The number of hydrogen-bond acceptors (Lipinski definition) is 17. The summed E-state index contributed by atoms with van der Waals surface area (Å²) in [4.78, 5) is 76.0. The zero-order chi connectivity index (χ0) is 45.2. The minimum Gasteiger partial charge on any atom is -0.444 e. The quantitative estimate of drug-likeness (QED) is 0.112. The molecule has 0 bridgehead atoms. The lowest BCUT2D eigenvalue weighted by Gasteiger charge is -2.39. The molecule has 0 aromatic carbocycles. The van der Waals surface area contributed by atoms with Crippen molar-refractivity contribution < 1.29 is 27.9 Å². The first-order chi connectivity index (χ1) is 29.9. The number of anilines is 2. The number of pyridine rings is 2. The molecule has 5 N–H and O–H groups in total. The molecule has 2 aliphatic heterocycles. The van der Waals surface area contributed by atoms with Crippen LogP contribution in [0.1, 0.15) is 88.8 Å². The highest BCUT2D eigenvalue weighted by Gasteiger charge is 2.35. The molecular weight excluding hydrogens is 890 g/mol. The predicted molar refractivity (Wildman–Crippen MR) is 242 cm³/mol. The van der Waals surface area contributed by atoms with Gasteiger partial charge in [0.25, 0.3) is 11.8 Å². The average molecular weight is 940 g/mol. The van der Waals surface area contributed by atoms with Gasteiger partial charge in [0.2, 0.25) is 11.9 Å². The Morgan fingerprint density at radius 2 is 1.19 bits per heavy atom. The number of nitrogens with zero attached hydrogens (tertiary/aromatic N) is 10. The zero-order valence-electron chi connectivity index (χ0n) is 36.2. The van der Waals surface area contributed by atoms with Crippen LogP contribution in [0, 0.1) is 37.3 Å². The van der Waals surface area contributed by atoms with Crippen molar-refractivity contribution in [3.05, 3.63) is 81.1 Å². The molecule has 6 aromatic heterocycles. The summed E-state index contributed by atoms with van der Waals surface area (Å²) in [5, 5.41) is 10.6. The number of nitrogens with two attached hydrogens (primary N) is 1. The van der Waals surface area contributed by atoms with Crippen LogP contribution in [0.2, 0.25) is 0 Å². The number of ether oxygens (including phenoxy) is 1. The van der Waals surface area contributed by atoms with Gasteiger partial charge in [0, 0.05) is 57.0 Å². The van der Waals surface area contributed by atoms with Gasteiger partial charge in [-0.3, -0.25) is 19.6 Å². The summed E-state index contributed by atoms with van der Waals surface area (Å²) in [7, 11) is 0. The summed E-state index contributed by atoms with van der Waals surface area (Å²) >= 11 is 2.76. The third kappa shape index (κ3) is 11.5. The Balaban J connectivity index is 0.000000214. The van der Waals surface area contributed by atoms with Gasteiger partial charge in [0.05, 0.1) is 34.5 Å². The summed E-state index contributed by atoms with van der Waals surface area (Å²) in [5.74, 6) is -0.262. The Labute approximate surface area is 381 Å². The van der Waals surface area contributed by atoms with E-state index < -0.39 is 23.3 Å². The summed E-state index contributed by atoms with van der Waals surface area (Å²) in [6.45, 7) is 16.0. The summed E-state index contributed by atoms with van der Waals surface area (Å²) < 4.78 is 33.6. The molecule has 6 aromatic rings. The fraction of sp³-hybridized carbons (Fsp3) is 0.439.